The summed E-state index contributed by atoms with van der Waals surface area (Å²) in [6.45, 7) is 5.25. The third-order valence-corrected chi connectivity index (χ3v) is 7.52. The van der Waals surface area contributed by atoms with E-state index in [0.717, 1.165) is 37.0 Å². The van der Waals surface area contributed by atoms with E-state index in [1.54, 1.807) is 28.4 Å². The lowest BCUT2D eigenvalue weighted by atomic mass is 10.00. The van der Waals surface area contributed by atoms with E-state index in [0.29, 0.717) is 18.2 Å². The van der Waals surface area contributed by atoms with Gasteiger partial charge in [-0.1, -0.05) is 18.5 Å². The van der Waals surface area contributed by atoms with E-state index < -0.39 is 0 Å². The van der Waals surface area contributed by atoms with Crippen molar-refractivity contribution in [2.24, 2.45) is 5.92 Å². The van der Waals surface area contributed by atoms with E-state index in [2.05, 4.69) is 18.4 Å². The van der Waals surface area contributed by atoms with Crippen LogP contribution >= 0.6 is 22.9 Å². The minimum absolute atomic E-state index is 0.00384. The molecule has 31 heavy (non-hydrogen) atoms. The Kier molecular flexibility index (Phi) is 6.87. The predicted molar refractivity (Wildman–Crippen MR) is 124 cm³/mol. The van der Waals surface area contributed by atoms with Gasteiger partial charge in [0.25, 0.3) is 0 Å². The van der Waals surface area contributed by atoms with Crippen molar-refractivity contribution in [2.75, 3.05) is 19.7 Å². The van der Waals surface area contributed by atoms with Gasteiger partial charge in [0, 0.05) is 28.4 Å². The van der Waals surface area contributed by atoms with Crippen LogP contribution in [0.3, 0.4) is 0 Å². The van der Waals surface area contributed by atoms with Crippen molar-refractivity contribution in [3.8, 4) is 5.75 Å². The van der Waals surface area contributed by atoms with E-state index in [1.807, 2.05) is 24.0 Å². The second-order valence-corrected chi connectivity index (χ2v) is 9.85. The molecule has 0 N–H and O–H groups in total. The van der Waals surface area contributed by atoms with Crippen LogP contribution in [-0.4, -0.2) is 47.4 Å². The standard InChI is InChI=1S/C24H29ClN2O3S/c1-3-16(2)27(24(29)17-4-5-17)14-23(28)26-12-10-22-20(11-13-31-22)21(26)15-30-19-8-6-18(25)7-9-19/h6-9,11,13,16-17,21H,3-5,10,12,14-15H2,1-2H3. The third kappa shape index (κ3) is 5.07. The van der Waals surface area contributed by atoms with Crippen LogP contribution in [0.15, 0.2) is 35.7 Å². The molecule has 0 radical (unpaired) electrons. The van der Waals surface area contributed by atoms with Gasteiger partial charge in [-0.15, -0.1) is 11.3 Å². The summed E-state index contributed by atoms with van der Waals surface area (Å²) in [6, 6.07) is 9.26. The summed E-state index contributed by atoms with van der Waals surface area (Å²) in [6.07, 6.45) is 3.57. The van der Waals surface area contributed by atoms with Crippen LogP contribution in [0, 0.1) is 5.92 Å². The van der Waals surface area contributed by atoms with Gasteiger partial charge in [-0.2, -0.15) is 0 Å². The van der Waals surface area contributed by atoms with Gasteiger partial charge >= 0.3 is 0 Å². The molecule has 1 aromatic heterocycles. The van der Waals surface area contributed by atoms with Crippen LogP contribution < -0.4 is 4.74 Å². The van der Waals surface area contributed by atoms with Gasteiger partial charge in [-0.3, -0.25) is 9.59 Å². The Morgan fingerprint density at radius 2 is 2.00 bits per heavy atom. The average Bonchev–Trinajstić information content (AvgIpc) is 3.52. The monoisotopic (exact) mass is 460 g/mol. The minimum atomic E-state index is -0.159. The van der Waals surface area contributed by atoms with E-state index in [1.165, 1.54) is 4.88 Å². The van der Waals surface area contributed by atoms with Crippen molar-refractivity contribution in [1.29, 1.82) is 0 Å². The number of benzene rings is 1. The molecule has 4 rings (SSSR count). The molecule has 1 saturated carbocycles. The number of hydrogen-bond acceptors (Lipinski definition) is 4. The van der Waals surface area contributed by atoms with Crippen LogP contribution in [0.2, 0.25) is 5.02 Å². The first kappa shape index (κ1) is 22.2. The lowest BCUT2D eigenvalue weighted by Gasteiger charge is -2.38. The highest BCUT2D eigenvalue weighted by atomic mass is 35.5. The molecule has 1 aliphatic carbocycles. The van der Waals surface area contributed by atoms with Gasteiger partial charge in [0.05, 0.1) is 6.04 Å². The SMILES string of the molecule is CCC(C)N(CC(=O)N1CCc2sccc2C1COc1ccc(Cl)cc1)C(=O)C1CC1. The Labute approximate surface area is 192 Å². The topological polar surface area (TPSA) is 49.9 Å². The van der Waals surface area contributed by atoms with Crippen molar-refractivity contribution in [2.45, 2.75) is 51.6 Å². The Bertz CT molecular complexity index is 925. The Morgan fingerprint density at radius 3 is 2.68 bits per heavy atom. The number of thiophene rings is 1. The fourth-order valence-corrected chi connectivity index (χ4v) is 5.11. The molecular formula is C24H29ClN2O3S. The summed E-state index contributed by atoms with van der Waals surface area (Å²) < 4.78 is 6.05. The number of fused-ring (bicyclic) bond motifs is 1. The molecule has 5 nitrogen and oxygen atoms in total. The Morgan fingerprint density at radius 1 is 1.26 bits per heavy atom. The summed E-state index contributed by atoms with van der Waals surface area (Å²) in [4.78, 5) is 31.3. The number of amides is 2. The zero-order valence-electron chi connectivity index (χ0n) is 18.1. The van der Waals surface area contributed by atoms with Crippen LogP contribution in [0.25, 0.3) is 0 Å². The maximum Gasteiger partial charge on any atom is 0.242 e. The summed E-state index contributed by atoms with van der Waals surface area (Å²) >= 11 is 7.71. The quantitative estimate of drug-likeness (QED) is 0.560. The molecule has 1 aliphatic heterocycles. The highest BCUT2D eigenvalue weighted by molar-refractivity contribution is 7.10. The molecular weight excluding hydrogens is 432 g/mol. The van der Waals surface area contributed by atoms with Gasteiger partial charge in [0.15, 0.2) is 0 Å². The maximum atomic E-state index is 13.4. The summed E-state index contributed by atoms with van der Waals surface area (Å²) in [7, 11) is 0. The molecule has 2 unspecified atom stereocenters. The summed E-state index contributed by atoms with van der Waals surface area (Å²) in [5.74, 6) is 0.959. The van der Waals surface area contributed by atoms with Gasteiger partial charge in [-0.05, 0) is 73.9 Å². The van der Waals surface area contributed by atoms with E-state index in [4.69, 9.17) is 16.3 Å². The van der Waals surface area contributed by atoms with Crippen molar-refractivity contribution < 1.29 is 14.3 Å². The van der Waals surface area contributed by atoms with E-state index in [-0.39, 0.29) is 36.4 Å². The van der Waals surface area contributed by atoms with Crippen LogP contribution in [-0.2, 0) is 16.0 Å². The molecule has 0 bridgehead atoms. The van der Waals surface area contributed by atoms with Gasteiger partial charge in [0.2, 0.25) is 11.8 Å². The summed E-state index contributed by atoms with van der Waals surface area (Å²) in [5.41, 5.74) is 1.15. The molecule has 1 aromatic carbocycles. The number of carbonyl (C=O) groups is 2. The Hall–Kier alpha value is -2.05. The number of rotatable bonds is 8. The highest BCUT2D eigenvalue weighted by Gasteiger charge is 2.38. The molecule has 2 aromatic rings. The molecule has 166 valence electrons. The van der Waals surface area contributed by atoms with Gasteiger partial charge < -0.3 is 14.5 Å². The highest BCUT2D eigenvalue weighted by Crippen LogP contribution is 2.35. The lowest BCUT2D eigenvalue weighted by molar-refractivity contribution is -0.145. The lowest BCUT2D eigenvalue weighted by Crippen LogP contribution is -2.50. The second-order valence-electron chi connectivity index (χ2n) is 8.41. The average molecular weight is 461 g/mol. The molecule has 2 heterocycles. The first-order valence-corrected chi connectivity index (χ1v) is 12.3. The molecule has 2 amide bonds. The van der Waals surface area contributed by atoms with Crippen LogP contribution in [0.5, 0.6) is 5.75 Å². The molecule has 0 saturated heterocycles. The zero-order valence-corrected chi connectivity index (χ0v) is 19.6. The fraction of sp³-hybridized carbons (Fsp3) is 0.500. The molecule has 0 spiro atoms. The fourth-order valence-electron chi connectivity index (χ4n) is 4.05. The largest absolute Gasteiger partial charge is 0.491 e. The predicted octanol–water partition coefficient (Wildman–Crippen LogP) is 4.94. The number of ether oxygens (including phenoxy) is 1. The van der Waals surface area contributed by atoms with E-state index >= 15 is 0 Å². The number of hydrogen-bond donors (Lipinski definition) is 0. The van der Waals surface area contributed by atoms with Gasteiger partial charge in [-0.25, -0.2) is 0 Å². The normalized spacial score (nSPS) is 18.9. The van der Waals surface area contributed by atoms with Gasteiger partial charge in [0.1, 0.15) is 18.9 Å². The van der Waals surface area contributed by atoms with Crippen molar-refractivity contribution >= 4 is 34.8 Å². The molecule has 2 aliphatic rings. The van der Waals surface area contributed by atoms with Crippen molar-refractivity contribution in [3.05, 3.63) is 51.2 Å². The minimum Gasteiger partial charge on any atom is -0.491 e. The Balaban J connectivity index is 1.50. The third-order valence-electron chi connectivity index (χ3n) is 6.27. The number of halogens is 1. The smallest absolute Gasteiger partial charge is 0.242 e. The van der Waals surface area contributed by atoms with Crippen LogP contribution in [0.4, 0.5) is 0 Å². The number of carbonyl (C=O) groups excluding carboxylic acids is 2. The van der Waals surface area contributed by atoms with Crippen molar-refractivity contribution in [3.63, 3.8) is 0 Å². The molecule has 7 heteroatoms. The summed E-state index contributed by atoms with van der Waals surface area (Å²) in [5, 5.41) is 2.74. The second kappa shape index (κ2) is 9.61. The van der Waals surface area contributed by atoms with E-state index in [9.17, 15) is 9.59 Å². The molecule has 2 atom stereocenters. The zero-order chi connectivity index (χ0) is 22.0. The van der Waals surface area contributed by atoms with Crippen molar-refractivity contribution in [1.82, 2.24) is 9.80 Å². The first-order valence-electron chi connectivity index (χ1n) is 11.0. The maximum absolute atomic E-state index is 13.4. The molecule has 1 fully saturated rings. The number of nitrogens with zero attached hydrogens (tertiary/aromatic N) is 2. The first-order chi connectivity index (χ1) is 15.0. The van der Waals surface area contributed by atoms with Crippen LogP contribution in [0.1, 0.15) is 49.6 Å².